The predicted octanol–water partition coefficient (Wildman–Crippen LogP) is 1.21. The van der Waals surface area contributed by atoms with Crippen molar-refractivity contribution in [2.75, 3.05) is 31.6 Å². The fraction of sp³-hybridized carbons (Fsp3) is 0.500. The van der Waals surface area contributed by atoms with E-state index in [1.165, 1.54) is 22.5 Å². The normalized spacial score (nSPS) is 16.2. The summed E-state index contributed by atoms with van der Waals surface area (Å²) < 4.78 is 31.9. The van der Waals surface area contributed by atoms with Gasteiger partial charge in [-0.1, -0.05) is 11.6 Å². The number of halogens is 1. The van der Waals surface area contributed by atoms with E-state index in [1.54, 1.807) is 20.8 Å². The van der Waals surface area contributed by atoms with Crippen molar-refractivity contribution in [3.05, 3.63) is 23.2 Å². The van der Waals surface area contributed by atoms with Crippen molar-refractivity contribution in [1.29, 1.82) is 0 Å². The highest BCUT2D eigenvalue weighted by Crippen LogP contribution is 2.27. The molecule has 0 bridgehead atoms. The van der Waals surface area contributed by atoms with Crippen LogP contribution in [0.15, 0.2) is 23.1 Å². The van der Waals surface area contributed by atoms with Gasteiger partial charge in [-0.15, -0.1) is 0 Å². The predicted molar refractivity (Wildman–Crippen MR) is 97.6 cm³/mol. The molecule has 2 N–H and O–H groups in total. The number of nitrogens with one attached hydrogen (secondary N) is 2. The molecule has 10 heteroatoms. The molecule has 0 saturated carbocycles. The summed E-state index contributed by atoms with van der Waals surface area (Å²) in [5.41, 5.74) is -0.533. The summed E-state index contributed by atoms with van der Waals surface area (Å²) in [6, 6.07) is 3.97. The maximum absolute atomic E-state index is 12.7. The highest BCUT2D eigenvalue weighted by atomic mass is 35.5. The van der Waals surface area contributed by atoms with Crippen LogP contribution < -0.4 is 10.6 Å². The van der Waals surface area contributed by atoms with Gasteiger partial charge in [-0.2, -0.15) is 4.31 Å². The number of morpholine rings is 1. The number of nitrogens with zero attached hydrogens (tertiary/aromatic N) is 1. The summed E-state index contributed by atoms with van der Waals surface area (Å²) in [4.78, 5) is 23.9. The SMILES string of the molecule is CC(C)(C)NC(=O)C(=O)Nc1cc(S(=O)(=O)N2CCOCC2)ccc1Cl. The molecule has 1 saturated heterocycles. The third-order valence-electron chi connectivity index (χ3n) is 3.49. The maximum Gasteiger partial charge on any atom is 0.313 e. The highest BCUT2D eigenvalue weighted by Gasteiger charge is 2.27. The van der Waals surface area contributed by atoms with E-state index >= 15 is 0 Å². The first-order valence-electron chi connectivity index (χ1n) is 8.02. The van der Waals surface area contributed by atoms with Gasteiger partial charge in [0.2, 0.25) is 10.0 Å². The topological polar surface area (TPSA) is 105 Å². The fourth-order valence-corrected chi connectivity index (χ4v) is 3.87. The molecule has 1 aromatic rings. The number of carbonyl (C=O) groups excluding carboxylic acids is 2. The minimum Gasteiger partial charge on any atom is -0.379 e. The monoisotopic (exact) mass is 403 g/mol. The van der Waals surface area contributed by atoms with E-state index in [-0.39, 0.29) is 28.7 Å². The van der Waals surface area contributed by atoms with Crippen LogP contribution in [-0.2, 0) is 24.3 Å². The van der Waals surface area contributed by atoms with Gasteiger partial charge in [0, 0.05) is 18.6 Å². The molecule has 0 aliphatic carbocycles. The Morgan fingerprint density at radius 2 is 1.77 bits per heavy atom. The van der Waals surface area contributed by atoms with Crippen molar-refractivity contribution < 1.29 is 22.7 Å². The Kier molecular flexibility index (Phi) is 6.28. The number of benzene rings is 1. The van der Waals surface area contributed by atoms with Crippen molar-refractivity contribution in [2.24, 2.45) is 0 Å². The average molecular weight is 404 g/mol. The van der Waals surface area contributed by atoms with Crippen molar-refractivity contribution >= 4 is 39.1 Å². The van der Waals surface area contributed by atoms with E-state index in [1.807, 2.05) is 0 Å². The van der Waals surface area contributed by atoms with Gasteiger partial charge >= 0.3 is 11.8 Å². The van der Waals surface area contributed by atoms with Crippen LogP contribution in [0.2, 0.25) is 5.02 Å². The zero-order chi connectivity index (χ0) is 19.5. The van der Waals surface area contributed by atoms with Crippen molar-refractivity contribution in [2.45, 2.75) is 31.2 Å². The molecular weight excluding hydrogens is 382 g/mol. The zero-order valence-electron chi connectivity index (χ0n) is 14.8. The summed E-state index contributed by atoms with van der Waals surface area (Å²) in [6.45, 7) is 6.36. The summed E-state index contributed by atoms with van der Waals surface area (Å²) >= 11 is 6.04. The van der Waals surface area contributed by atoms with Crippen LogP contribution in [0, 0.1) is 0 Å². The lowest BCUT2D eigenvalue weighted by molar-refractivity contribution is -0.137. The van der Waals surface area contributed by atoms with E-state index in [4.69, 9.17) is 16.3 Å². The van der Waals surface area contributed by atoms with Gasteiger partial charge in [-0.3, -0.25) is 9.59 Å². The molecule has 0 aromatic heterocycles. The van der Waals surface area contributed by atoms with Crippen molar-refractivity contribution in [3.63, 3.8) is 0 Å². The molecule has 1 aliphatic heterocycles. The minimum atomic E-state index is -3.74. The number of hydrogen-bond donors (Lipinski definition) is 2. The summed E-state index contributed by atoms with van der Waals surface area (Å²) in [6.07, 6.45) is 0. The van der Waals surface area contributed by atoms with Crippen LogP contribution in [0.5, 0.6) is 0 Å². The van der Waals surface area contributed by atoms with Gasteiger partial charge in [-0.25, -0.2) is 8.42 Å². The lowest BCUT2D eigenvalue weighted by Gasteiger charge is -2.26. The van der Waals surface area contributed by atoms with Crippen LogP contribution in [0.4, 0.5) is 5.69 Å². The molecule has 0 radical (unpaired) electrons. The first-order valence-corrected chi connectivity index (χ1v) is 9.83. The van der Waals surface area contributed by atoms with Gasteiger partial charge in [-0.05, 0) is 39.0 Å². The fourth-order valence-electron chi connectivity index (χ4n) is 2.27. The van der Waals surface area contributed by atoms with E-state index in [2.05, 4.69) is 10.6 Å². The Bertz CT molecular complexity index is 799. The summed E-state index contributed by atoms with van der Waals surface area (Å²) in [7, 11) is -3.74. The van der Waals surface area contributed by atoms with Crippen LogP contribution in [-0.4, -0.2) is 56.4 Å². The number of amides is 2. The first-order chi connectivity index (χ1) is 12.0. The first kappa shape index (κ1) is 20.6. The molecule has 0 spiro atoms. The Morgan fingerprint density at radius 3 is 2.35 bits per heavy atom. The lowest BCUT2D eigenvalue weighted by atomic mass is 10.1. The second-order valence-electron chi connectivity index (χ2n) is 6.82. The van der Waals surface area contributed by atoms with Crippen LogP contribution >= 0.6 is 11.6 Å². The van der Waals surface area contributed by atoms with Gasteiger partial charge in [0.05, 0.1) is 28.8 Å². The molecule has 0 atom stereocenters. The molecule has 1 fully saturated rings. The number of carbonyl (C=O) groups is 2. The van der Waals surface area contributed by atoms with Crippen LogP contribution in [0.25, 0.3) is 0 Å². The molecule has 2 rings (SSSR count). The zero-order valence-corrected chi connectivity index (χ0v) is 16.4. The molecular formula is C16H22ClN3O5S. The molecule has 2 amide bonds. The van der Waals surface area contributed by atoms with Gasteiger partial charge in [0.25, 0.3) is 0 Å². The van der Waals surface area contributed by atoms with E-state index in [9.17, 15) is 18.0 Å². The number of sulfonamides is 1. The quantitative estimate of drug-likeness (QED) is 0.738. The third-order valence-corrected chi connectivity index (χ3v) is 5.71. The van der Waals surface area contributed by atoms with Gasteiger partial charge < -0.3 is 15.4 Å². The Hall–Kier alpha value is -1.68. The Labute approximate surface area is 157 Å². The minimum absolute atomic E-state index is 0.0182. The van der Waals surface area contributed by atoms with Gasteiger partial charge in [0.1, 0.15) is 0 Å². The van der Waals surface area contributed by atoms with E-state index in [0.717, 1.165) is 0 Å². The number of rotatable bonds is 3. The summed E-state index contributed by atoms with van der Waals surface area (Å²) in [5, 5.41) is 5.01. The molecule has 0 unspecified atom stereocenters. The Balaban J connectivity index is 2.21. The van der Waals surface area contributed by atoms with E-state index in [0.29, 0.717) is 13.2 Å². The molecule has 1 aliphatic rings. The van der Waals surface area contributed by atoms with Crippen LogP contribution in [0.3, 0.4) is 0 Å². The third kappa shape index (κ3) is 5.16. The van der Waals surface area contributed by atoms with Crippen LogP contribution in [0.1, 0.15) is 20.8 Å². The highest BCUT2D eigenvalue weighted by molar-refractivity contribution is 7.89. The molecule has 144 valence electrons. The number of anilines is 1. The smallest absolute Gasteiger partial charge is 0.313 e. The second kappa shape index (κ2) is 7.91. The average Bonchev–Trinajstić information content (AvgIpc) is 2.56. The largest absolute Gasteiger partial charge is 0.379 e. The number of hydrogen-bond acceptors (Lipinski definition) is 5. The molecule has 8 nitrogen and oxygen atoms in total. The Morgan fingerprint density at radius 1 is 1.15 bits per heavy atom. The molecule has 1 heterocycles. The lowest BCUT2D eigenvalue weighted by Crippen LogP contribution is -2.46. The molecule has 26 heavy (non-hydrogen) atoms. The van der Waals surface area contributed by atoms with Gasteiger partial charge in [0.15, 0.2) is 0 Å². The second-order valence-corrected chi connectivity index (χ2v) is 9.16. The standard InChI is InChI=1S/C16H22ClN3O5S/c1-16(2,3)19-15(22)14(21)18-13-10-11(4-5-12(13)17)26(23,24)20-6-8-25-9-7-20/h4-5,10H,6-9H2,1-3H3,(H,18,21)(H,19,22). The summed E-state index contributed by atoms with van der Waals surface area (Å²) in [5.74, 6) is -1.77. The van der Waals surface area contributed by atoms with E-state index < -0.39 is 27.4 Å². The van der Waals surface area contributed by atoms with Crippen molar-refractivity contribution in [3.8, 4) is 0 Å². The maximum atomic E-state index is 12.7. The number of ether oxygens (including phenoxy) is 1. The van der Waals surface area contributed by atoms with Crippen molar-refractivity contribution in [1.82, 2.24) is 9.62 Å². The molecule has 1 aromatic carbocycles.